The molecule has 0 fully saturated rings. The summed E-state index contributed by atoms with van der Waals surface area (Å²) < 4.78 is 0. The molecule has 0 heterocycles. The van der Waals surface area contributed by atoms with Gasteiger partial charge in [-0.3, -0.25) is 4.79 Å². The van der Waals surface area contributed by atoms with Crippen molar-refractivity contribution in [2.45, 2.75) is 45.8 Å². The number of carbonyl (C=O) groups is 1. The molecule has 0 aliphatic heterocycles. The SMILES string of the molecule is CC(=O)C([C@H](O)C(C)C)[C@H](O)CCc1ccccc1. The highest BCUT2D eigenvalue weighted by Crippen LogP contribution is 2.21. The number of ketones is 1. The Morgan fingerprint density at radius 3 is 2.21 bits per heavy atom. The van der Waals surface area contributed by atoms with Gasteiger partial charge in [0.1, 0.15) is 5.78 Å². The molecule has 2 N–H and O–H groups in total. The van der Waals surface area contributed by atoms with Gasteiger partial charge in [-0.25, -0.2) is 0 Å². The van der Waals surface area contributed by atoms with Gasteiger partial charge in [-0.05, 0) is 31.2 Å². The van der Waals surface area contributed by atoms with Crippen LogP contribution in [-0.2, 0) is 11.2 Å². The van der Waals surface area contributed by atoms with E-state index in [0.717, 1.165) is 5.56 Å². The maximum absolute atomic E-state index is 11.6. The summed E-state index contributed by atoms with van der Waals surface area (Å²) in [4.78, 5) is 11.6. The Balaban J connectivity index is 2.63. The second-order valence-electron chi connectivity index (χ2n) is 5.46. The Morgan fingerprint density at radius 2 is 1.74 bits per heavy atom. The van der Waals surface area contributed by atoms with E-state index in [-0.39, 0.29) is 11.7 Å². The molecular weight excluding hydrogens is 240 g/mol. The molecule has 3 nitrogen and oxygen atoms in total. The number of rotatable bonds is 7. The highest BCUT2D eigenvalue weighted by Gasteiger charge is 2.32. The maximum atomic E-state index is 11.6. The Kier molecular flexibility index (Phi) is 6.19. The minimum atomic E-state index is -0.796. The summed E-state index contributed by atoms with van der Waals surface area (Å²) in [6.07, 6.45) is -0.396. The van der Waals surface area contributed by atoms with Gasteiger partial charge in [0.2, 0.25) is 0 Å². The van der Waals surface area contributed by atoms with Crippen molar-refractivity contribution in [2.75, 3.05) is 0 Å². The van der Waals surface area contributed by atoms with E-state index in [1.54, 1.807) is 0 Å². The summed E-state index contributed by atoms with van der Waals surface area (Å²) in [6, 6.07) is 9.84. The van der Waals surface area contributed by atoms with Crippen LogP contribution in [-0.4, -0.2) is 28.2 Å². The van der Waals surface area contributed by atoms with Crippen LogP contribution in [0.1, 0.15) is 32.8 Å². The van der Waals surface area contributed by atoms with Crippen LogP contribution in [0.2, 0.25) is 0 Å². The zero-order chi connectivity index (χ0) is 14.4. The first-order chi connectivity index (χ1) is 8.93. The molecule has 0 spiro atoms. The van der Waals surface area contributed by atoms with Gasteiger partial charge in [0, 0.05) is 0 Å². The third-order valence-corrected chi connectivity index (χ3v) is 3.51. The molecule has 0 aliphatic rings. The Labute approximate surface area is 115 Å². The molecule has 3 atom stereocenters. The fraction of sp³-hybridized carbons (Fsp3) is 0.562. The Morgan fingerprint density at radius 1 is 1.16 bits per heavy atom. The predicted molar refractivity (Wildman–Crippen MR) is 75.8 cm³/mol. The van der Waals surface area contributed by atoms with Crippen LogP contribution in [0.15, 0.2) is 30.3 Å². The lowest BCUT2D eigenvalue weighted by Crippen LogP contribution is -2.40. The standard InChI is InChI=1S/C16H24O3/c1-11(2)16(19)15(12(3)17)14(18)10-9-13-7-5-4-6-8-13/h4-8,11,14-16,18-19H,9-10H2,1-3H3/t14-,15?,16-/m1/s1. The van der Waals surface area contributed by atoms with Gasteiger partial charge in [0.05, 0.1) is 18.1 Å². The third-order valence-electron chi connectivity index (χ3n) is 3.51. The smallest absolute Gasteiger partial charge is 0.138 e. The molecule has 0 amide bonds. The van der Waals surface area contributed by atoms with Crippen LogP contribution in [0.3, 0.4) is 0 Å². The normalized spacial score (nSPS) is 16.1. The monoisotopic (exact) mass is 264 g/mol. The molecule has 0 radical (unpaired) electrons. The van der Waals surface area contributed by atoms with Crippen molar-refractivity contribution >= 4 is 5.78 Å². The molecule has 0 saturated heterocycles. The average molecular weight is 264 g/mol. The van der Waals surface area contributed by atoms with E-state index in [1.165, 1.54) is 6.92 Å². The zero-order valence-electron chi connectivity index (χ0n) is 11.9. The van der Waals surface area contributed by atoms with E-state index >= 15 is 0 Å². The number of hydrogen-bond donors (Lipinski definition) is 2. The van der Waals surface area contributed by atoms with Crippen LogP contribution < -0.4 is 0 Å². The van der Waals surface area contributed by atoms with Crippen molar-refractivity contribution < 1.29 is 15.0 Å². The van der Waals surface area contributed by atoms with E-state index in [4.69, 9.17) is 0 Å². The summed E-state index contributed by atoms with van der Waals surface area (Å²) in [5, 5.41) is 20.2. The molecule has 0 saturated carbocycles. The highest BCUT2D eigenvalue weighted by molar-refractivity contribution is 5.79. The Bertz CT molecular complexity index is 386. The van der Waals surface area contributed by atoms with Gasteiger partial charge in [-0.15, -0.1) is 0 Å². The molecule has 19 heavy (non-hydrogen) atoms. The first kappa shape index (κ1) is 15.9. The molecule has 0 aromatic heterocycles. The van der Waals surface area contributed by atoms with Gasteiger partial charge in [-0.2, -0.15) is 0 Å². The van der Waals surface area contributed by atoms with Crippen molar-refractivity contribution in [2.24, 2.45) is 11.8 Å². The fourth-order valence-corrected chi connectivity index (χ4v) is 2.29. The first-order valence-corrected chi connectivity index (χ1v) is 6.84. The summed E-state index contributed by atoms with van der Waals surface area (Å²) in [5.74, 6) is -0.884. The van der Waals surface area contributed by atoms with E-state index in [2.05, 4.69) is 0 Å². The molecule has 106 valence electrons. The van der Waals surface area contributed by atoms with Crippen molar-refractivity contribution in [1.82, 2.24) is 0 Å². The summed E-state index contributed by atoms with van der Waals surface area (Å²) in [7, 11) is 0. The lowest BCUT2D eigenvalue weighted by atomic mass is 9.84. The maximum Gasteiger partial charge on any atom is 0.138 e. The average Bonchev–Trinajstić information content (AvgIpc) is 2.37. The van der Waals surface area contributed by atoms with Crippen molar-refractivity contribution in [3.63, 3.8) is 0 Å². The molecule has 0 bridgehead atoms. The van der Waals surface area contributed by atoms with Gasteiger partial charge in [-0.1, -0.05) is 44.2 Å². The molecule has 0 aliphatic carbocycles. The van der Waals surface area contributed by atoms with Crippen molar-refractivity contribution in [3.8, 4) is 0 Å². The van der Waals surface area contributed by atoms with E-state index in [0.29, 0.717) is 12.8 Å². The van der Waals surface area contributed by atoms with Crippen LogP contribution in [0.25, 0.3) is 0 Å². The summed E-state index contributed by atoms with van der Waals surface area (Å²) in [5.41, 5.74) is 1.13. The fourth-order valence-electron chi connectivity index (χ4n) is 2.29. The molecular formula is C16H24O3. The van der Waals surface area contributed by atoms with E-state index in [1.807, 2.05) is 44.2 Å². The summed E-state index contributed by atoms with van der Waals surface area (Å²) in [6.45, 7) is 5.14. The Hall–Kier alpha value is -1.19. The minimum absolute atomic E-state index is 0.0414. The topological polar surface area (TPSA) is 57.5 Å². The number of carbonyl (C=O) groups excluding carboxylic acids is 1. The first-order valence-electron chi connectivity index (χ1n) is 6.84. The third kappa shape index (κ3) is 4.77. The highest BCUT2D eigenvalue weighted by atomic mass is 16.3. The lowest BCUT2D eigenvalue weighted by Gasteiger charge is -2.28. The van der Waals surface area contributed by atoms with Crippen LogP contribution in [0.5, 0.6) is 0 Å². The van der Waals surface area contributed by atoms with E-state index < -0.39 is 18.1 Å². The lowest BCUT2D eigenvalue weighted by molar-refractivity contribution is -0.131. The number of benzene rings is 1. The molecule has 3 heteroatoms. The number of Topliss-reactive ketones (excluding diaryl/α,β-unsaturated/α-hetero) is 1. The number of aliphatic hydroxyl groups excluding tert-OH is 2. The quantitative estimate of drug-likeness (QED) is 0.794. The summed E-state index contributed by atoms with van der Waals surface area (Å²) >= 11 is 0. The minimum Gasteiger partial charge on any atom is -0.392 e. The van der Waals surface area contributed by atoms with Gasteiger partial charge < -0.3 is 10.2 Å². The van der Waals surface area contributed by atoms with Gasteiger partial charge in [0.25, 0.3) is 0 Å². The molecule has 1 unspecified atom stereocenters. The number of hydrogen-bond acceptors (Lipinski definition) is 3. The second-order valence-corrected chi connectivity index (χ2v) is 5.46. The molecule has 1 aromatic rings. The van der Waals surface area contributed by atoms with Gasteiger partial charge >= 0.3 is 0 Å². The molecule has 1 aromatic carbocycles. The van der Waals surface area contributed by atoms with Crippen LogP contribution >= 0.6 is 0 Å². The predicted octanol–water partition coefficient (Wildman–Crippen LogP) is 2.20. The van der Waals surface area contributed by atoms with Crippen molar-refractivity contribution in [3.05, 3.63) is 35.9 Å². The van der Waals surface area contributed by atoms with Crippen LogP contribution in [0, 0.1) is 11.8 Å². The van der Waals surface area contributed by atoms with Crippen LogP contribution in [0.4, 0.5) is 0 Å². The largest absolute Gasteiger partial charge is 0.392 e. The second kappa shape index (κ2) is 7.41. The van der Waals surface area contributed by atoms with Gasteiger partial charge in [0.15, 0.2) is 0 Å². The van der Waals surface area contributed by atoms with Crippen molar-refractivity contribution in [1.29, 1.82) is 0 Å². The zero-order valence-corrected chi connectivity index (χ0v) is 11.9. The van der Waals surface area contributed by atoms with E-state index in [9.17, 15) is 15.0 Å². The number of aliphatic hydroxyl groups is 2. The number of aryl methyl sites for hydroxylation is 1. The molecule has 1 rings (SSSR count).